The smallest absolute Gasteiger partial charge is 0.118 e. The van der Waals surface area contributed by atoms with Crippen LogP contribution in [0.25, 0.3) is 0 Å². The third kappa shape index (κ3) is 3.34. The van der Waals surface area contributed by atoms with E-state index in [2.05, 4.69) is 27.0 Å². The molecular formula is C14H19N3O. The molecular weight excluding hydrogens is 226 g/mol. The van der Waals surface area contributed by atoms with Crippen LogP contribution in [0.2, 0.25) is 0 Å². The molecule has 0 unspecified atom stereocenters. The third-order valence-corrected chi connectivity index (χ3v) is 2.94. The summed E-state index contributed by atoms with van der Waals surface area (Å²) in [5.74, 6) is 1.95. The molecule has 0 aliphatic heterocycles. The number of aromatic nitrogens is 2. The molecule has 1 N–H and O–H groups in total. The monoisotopic (exact) mass is 245 g/mol. The van der Waals surface area contributed by atoms with Crippen LogP contribution in [0.1, 0.15) is 11.4 Å². The molecule has 2 rings (SSSR count). The molecule has 1 aromatic carbocycles. The van der Waals surface area contributed by atoms with E-state index in [1.54, 1.807) is 7.11 Å². The van der Waals surface area contributed by atoms with Crippen LogP contribution in [0.3, 0.4) is 0 Å². The quantitative estimate of drug-likeness (QED) is 0.791. The van der Waals surface area contributed by atoms with Gasteiger partial charge in [-0.25, -0.2) is 4.98 Å². The van der Waals surface area contributed by atoms with E-state index in [0.29, 0.717) is 0 Å². The number of benzene rings is 1. The van der Waals surface area contributed by atoms with Gasteiger partial charge < -0.3 is 14.6 Å². The molecule has 0 spiro atoms. The van der Waals surface area contributed by atoms with Crippen molar-refractivity contribution in [3.05, 3.63) is 48.0 Å². The van der Waals surface area contributed by atoms with Crippen LogP contribution in [-0.4, -0.2) is 23.2 Å². The second-order valence-corrected chi connectivity index (χ2v) is 4.19. The first kappa shape index (κ1) is 12.6. The highest BCUT2D eigenvalue weighted by atomic mass is 16.5. The number of hydrogen-bond donors (Lipinski definition) is 1. The lowest BCUT2D eigenvalue weighted by molar-refractivity contribution is 0.414. The summed E-state index contributed by atoms with van der Waals surface area (Å²) in [5, 5.41) is 3.42. The Bertz CT molecular complexity index is 476. The normalized spacial score (nSPS) is 10.6. The average Bonchev–Trinajstić information content (AvgIpc) is 2.81. The summed E-state index contributed by atoms with van der Waals surface area (Å²) < 4.78 is 7.27. The molecule has 0 atom stereocenters. The first-order valence-electron chi connectivity index (χ1n) is 6.11. The van der Waals surface area contributed by atoms with E-state index < -0.39 is 0 Å². The van der Waals surface area contributed by atoms with Crippen molar-refractivity contribution in [3.63, 3.8) is 0 Å². The van der Waals surface area contributed by atoms with Gasteiger partial charge in [-0.3, -0.25) is 0 Å². The summed E-state index contributed by atoms with van der Waals surface area (Å²) in [4.78, 5) is 4.19. The SMILES string of the molecule is COc1ccc(CNCCn2ccnc2C)cc1. The van der Waals surface area contributed by atoms with Crippen LogP contribution in [0, 0.1) is 6.92 Å². The molecule has 0 fully saturated rings. The van der Waals surface area contributed by atoms with Crippen molar-refractivity contribution in [1.29, 1.82) is 0 Å². The van der Waals surface area contributed by atoms with Gasteiger partial charge in [-0.1, -0.05) is 12.1 Å². The molecule has 0 aliphatic rings. The summed E-state index contributed by atoms with van der Waals surface area (Å²) in [6.45, 7) is 4.77. The first-order chi connectivity index (χ1) is 8.79. The van der Waals surface area contributed by atoms with Gasteiger partial charge in [-0.2, -0.15) is 0 Å². The van der Waals surface area contributed by atoms with Crippen molar-refractivity contribution >= 4 is 0 Å². The molecule has 18 heavy (non-hydrogen) atoms. The maximum atomic E-state index is 5.13. The van der Waals surface area contributed by atoms with Crippen LogP contribution >= 0.6 is 0 Å². The lowest BCUT2D eigenvalue weighted by Crippen LogP contribution is -2.19. The van der Waals surface area contributed by atoms with Gasteiger partial charge in [-0.05, 0) is 24.6 Å². The van der Waals surface area contributed by atoms with Gasteiger partial charge in [0.1, 0.15) is 11.6 Å². The minimum atomic E-state index is 0.873. The Morgan fingerprint density at radius 2 is 2.06 bits per heavy atom. The van der Waals surface area contributed by atoms with Gasteiger partial charge in [0.05, 0.1) is 7.11 Å². The molecule has 0 amide bonds. The van der Waals surface area contributed by atoms with Gasteiger partial charge in [0.15, 0.2) is 0 Å². The highest BCUT2D eigenvalue weighted by Gasteiger charge is 1.97. The molecule has 0 radical (unpaired) electrons. The maximum absolute atomic E-state index is 5.13. The van der Waals surface area contributed by atoms with Gasteiger partial charge in [0, 0.05) is 32.0 Å². The number of ether oxygens (including phenoxy) is 1. The molecule has 4 heteroatoms. The van der Waals surface area contributed by atoms with E-state index in [4.69, 9.17) is 4.74 Å². The number of hydrogen-bond acceptors (Lipinski definition) is 3. The molecule has 0 saturated heterocycles. The van der Waals surface area contributed by atoms with Gasteiger partial charge in [0.25, 0.3) is 0 Å². The zero-order valence-corrected chi connectivity index (χ0v) is 10.9. The standard InChI is InChI=1S/C14H19N3O/c1-12-16-8-10-17(12)9-7-15-11-13-3-5-14(18-2)6-4-13/h3-6,8,10,15H,7,9,11H2,1-2H3. The summed E-state index contributed by atoms with van der Waals surface area (Å²) in [6.07, 6.45) is 3.84. The number of nitrogens with zero attached hydrogens (tertiary/aromatic N) is 2. The molecule has 1 aromatic heterocycles. The number of imidazole rings is 1. The van der Waals surface area contributed by atoms with Crippen molar-refractivity contribution in [3.8, 4) is 5.75 Å². The Morgan fingerprint density at radius 3 is 2.67 bits per heavy atom. The summed E-state index contributed by atoms with van der Waals surface area (Å²) in [5.41, 5.74) is 1.26. The van der Waals surface area contributed by atoms with Crippen LogP contribution in [0.5, 0.6) is 5.75 Å². The molecule has 0 saturated carbocycles. The van der Waals surface area contributed by atoms with Crippen molar-refractivity contribution < 1.29 is 4.74 Å². The molecule has 1 heterocycles. The minimum Gasteiger partial charge on any atom is -0.497 e. The minimum absolute atomic E-state index is 0.873. The van der Waals surface area contributed by atoms with Crippen LogP contribution in [0.4, 0.5) is 0 Å². The topological polar surface area (TPSA) is 39.1 Å². The molecule has 2 aromatic rings. The highest BCUT2D eigenvalue weighted by molar-refractivity contribution is 5.26. The Balaban J connectivity index is 1.73. The van der Waals surface area contributed by atoms with Crippen molar-refractivity contribution in [1.82, 2.24) is 14.9 Å². The Kier molecular flexibility index (Phi) is 4.36. The van der Waals surface area contributed by atoms with Gasteiger partial charge >= 0.3 is 0 Å². The predicted molar refractivity (Wildman–Crippen MR) is 71.7 cm³/mol. The van der Waals surface area contributed by atoms with E-state index in [9.17, 15) is 0 Å². The molecule has 0 aliphatic carbocycles. The Labute approximate surface area is 108 Å². The maximum Gasteiger partial charge on any atom is 0.118 e. The zero-order chi connectivity index (χ0) is 12.8. The lowest BCUT2D eigenvalue weighted by atomic mass is 10.2. The van der Waals surface area contributed by atoms with Crippen molar-refractivity contribution in [2.45, 2.75) is 20.0 Å². The van der Waals surface area contributed by atoms with E-state index in [1.807, 2.05) is 31.5 Å². The first-order valence-corrected chi connectivity index (χ1v) is 6.11. The predicted octanol–water partition coefficient (Wildman–Crippen LogP) is 1.99. The molecule has 4 nitrogen and oxygen atoms in total. The summed E-state index contributed by atoms with van der Waals surface area (Å²) >= 11 is 0. The summed E-state index contributed by atoms with van der Waals surface area (Å²) in [7, 11) is 1.68. The van der Waals surface area contributed by atoms with Crippen molar-refractivity contribution in [2.24, 2.45) is 0 Å². The largest absolute Gasteiger partial charge is 0.497 e. The third-order valence-electron chi connectivity index (χ3n) is 2.94. The second kappa shape index (κ2) is 6.21. The second-order valence-electron chi connectivity index (χ2n) is 4.19. The van der Waals surface area contributed by atoms with Crippen molar-refractivity contribution in [2.75, 3.05) is 13.7 Å². The van der Waals surface area contributed by atoms with E-state index in [0.717, 1.165) is 31.2 Å². The van der Waals surface area contributed by atoms with Crippen LogP contribution in [-0.2, 0) is 13.1 Å². The number of nitrogens with one attached hydrogen (secondary N) is 1. The lowest BCUT2D eigenvalue weighted by Gasteiger charge is -2.07. The van der Waals surface area contributed by atoms with Crippen LogP contribution in [0.15, 0.2) is 36.7 Å². The fourth-order valence-corrected chi connectivity index (χ4v) is 1.82. The average molecular weight is 245 g/mol. The summed E-state index contributed by atoms with van der Waals surface area (Å²) in [6, 6.07) is 8.12. The zero-order valence-electron chi connectivity index (χ0n) is 10.9. The Morgan fingerprint density at radius 1 is 1.28 bits per heavy atom. The Hall–Kier alpha value is -1.81. The van der Waals surface area contributed by atoms with E-state index >= 15 is 0 Å². The fraction of sp³-hybridized carbons (Fsp3) is 0.357. The van der Waals surface area contributed by atoms with Gasteiger partial charge in [0.2, 0.25) is 0 Å². The highest BCUT2D eigenvalue weighted by Crippen LogP contribution is 2.10. The number of rotatable bonds is 6. The van der Waals surface area contributed by atoms with E-state index in [1.165, 1.54) is 5.56 Å². The van der Waals surface area contributed by atoms with Crippen LogP contribution < -0.4 is 10.1 Å². The fourth-order valence-electron chi connectivity index (χ4n) is 1.82. The number of methoxy groups -OCH3 is 1. The number of aryl methyl sites for hydroxylation is 1. The van der Waals surface area contributed by atoms with E-state index in [-0.39, 0.29) is 0 Å². The molecule has 96 valence electrons. The molecule has 0 bridgehead atoms. The van der Waals surface area contributed by atoms with Gasteiger partial charge in [-0.15, -0.1) is 0 Å².